The van der Waals surface area contributed by atoms with Gasteiger partial charge < -0.3 is 13.7 Å². The maximum Gasteiger partial charge on any atom is 0.159 e. The Morgan fingerprint density at radius 1 is 0.347 bits per heavy atom. The van der Waals surface area contributed by atoms with E-state index in [-0.39, 0.29) is 0 Å². The van der Waals surface area contributed by atoms with Gasteiger partial charge in [-0.05, 0) is 69.9 Å². The van der Waals surface area contributed by atoms with E-state index in [9.17, 15) is 0 Å². The summed E-state index contributed by atoms with van der Waals surface area (Å²) in [6, 6.07) is 62.0. The number of nitrogens with zero attached hydrogens (tertiary/aromatic N) is 1. The first-order chi connectivity index (χ1) is 24.3. The van der Waals surface area contributed by atoms with Gasteiger partial charge in [0.05, 0.1) is 11.4 Å². The Morgan fingerprint density at radius 3 is 1.76 bits per heavy atom. The molecule has 0 fully saturated rings. The highest BCUT2D eigenvalue weighted by atomic mass is 16.3. The van der Waals surface area contributed by atoms with E-state index in [1.807, 2.05) is 12.1 Å². The normalized spacial score (nSPS) is 11.7. The van der Waals surface area contributed by atoms with Crippen molar-refractivity contribution >= 4 is 71.7 Å². The number of anilines is 3. The van der Waals surface area contributed by atoms with Crippen molar-refractivity contribution < 1.29 is 8.83 Å². The molecule has 0 aliphatic rings. The second-order valence-corrected chi connectivity index (χ2v) is 12.5. The largest absolute Gasteiger partial charge is 0.456 e. The minimum Gasteiger partial charge on any atom is -0.456 e. The van der Waals surface area contributed by atoms with E-state index in [0.717, 1.165) is 83.0 Å². The van der Waals surface area contributed by atoms with Crippen LogP contribution in [0.3, 0.4) is 0 Å². The van der Waals surface area contributed by atoms with Gasteiger partial charge in [-0.15, -0.1) is 0 Å². The van der Waals surface area contributed by atoms with Gasteiger partial charge in [-0.3, -0.25) is 0 Å². The average molecular weight is 628 g/mol. The number of benzene rings is 8. The lowest BCUT2D eigenvalue weighted by Crippen LogP contribution is -2.11. The molecule has 3 nitrogen and oxygen atoms in total. The maximum atomic E-state index is 6.68. The molecule has 10 aromatic rings. The van der Waals surface area contributed by atoms with Gasteiger partial charge in [0, 0.05) is 38.9 Å². The molecule has 230 valence electrons. The van der Waals surface area contributed by atoms with Crippen molar-refractivity contribution in [2.24, 2.45) is 0 Å². The molecule has 0 N–H and O–H groups in total. The minimum absolute atomic E-state index is 0.836. The van der Waals surface area contributed by atoms with Crippen LogP contribution in [0.5, 0.6) is 0 Å². The zero-order valence-corrected chi connectivity index (χ0v) is 26.5. The zero-order valence-electron chi connectivity index (χ0n) is 26.5. The Kier molecular flexibility index (Phi) is 6.18. The molecule has 0 spiro atoms. The number of fused-ring (bicyclic) bond motifs is 7. The molecule has 3 heteroatoms. The van der Waals surface area contributed by atoms with Gasteiger partial charge in [0.1, 0.15) is 16.7 Å². The van der Waals surface area contributed by atoms with Crippen molar-refractivity contribution in [3.05, 3.63) is 176 Å². The van der Waals surface area contributed by atoms with Crippen molar-refractivity contribution in [3.63, 3.8) is 0 Å². The molecule has 0 radical (unpaired) electrons. The molecule has 0 unspecified atom stereocenters. The van der Waals surface area contributed by atoms with Gasteiger partial charge in [0.25, 0.3) is 0 Å². The summed E-state index contributed by atoms with van der Waals surface area (Å²) in [5, 5.41) is 6.73. The summed E-state index contributed by atoms with van der Waals surface area (Å²) in [5.41, 5.74) is 11.0. The molecule has 10 rings (SSSR count). The number of hydrogen-bond donors (Lipinski definition) is 0. The second kappa shape index (κ2) is 11.0. The summed E-state index contributed by atoms with van der Waals surface area (Å²) in [6.07, 6.45) is 0. The Morgan fingerprint density at radius 2 is 0.959 bits per heavy atom. The molecule has 8 aromatic carbocycles. The van der Waals surface area contributed by atoms with Crippen LogP contribution < -0.4 is 4.90 Å². The van der Waals surface area contributed by atoms with Crippen LogP contribution in [0.15, 0.2) is 185 Å². The van der Waals surface area contributed by atoms with Crippen LogP contribution in [0, 0.1) is 0 Å². The molecule has 2 heterocycles. The van der Waals surface area contributed by atoms with E-state index in [4.69, 9.17) is 8.83 Å². The number of hydrogen-bond acceptors (Lipinski definition) is 3. The molecule has 0 amide bonds. The quantitative estimate of drug-likeness (QED) is 0.190. The summed E-state index contributed by atoms with van der Waals surface area (Å²) >= 11 is 0. The fraction of sp³-hybridized carbons (Fsp3) is 0. The molecule has 0 bridgehead atoms. The lowest BCUT2D eigenvalue weighted by atomic mass is 9.98. The Bertz CT molecular complexity index is 2810. The van der Waals surface area contributed by atoms with Gasteiger partial charge >= 0.3 is 0 Å². The van der Waals surface area contributed by atoms with Gasteiger partial charge in [0.2, 0.25) is 0 Å². The first-order valence-electron chi connectivity index (χ1n) is 16.6. The number of furan rings is 2. The molecule has 49 heavy (non-hydrogen) atoms. The van der Waals surface area contributed by atoms with Crippen molar-refractivity contribution in [2.75, 3.05) is 4.90 Å². The molecule has 0 aliphatic carbocycles. The van der Waals surface area contributed by atoms with E-state index >= 15 is 0 Å². The first-order valence-corrected chi connectivity index (χ1v) is 16.6. The predicted molar refractivity (Wildman–Crippen MR) is 204 cm³/mol. The van der Waals surface area contributed by atoms with Crippen LogP contribution in [0.1, 0.15) is 0 Å². The Balaban J connectivity index is 1.28. The van der Waals surface area contributed by atoms with E-state index in [1.165, 1.54) is 10.9 Å². The fourth-order valence-electron chi connectivity index (χ4n) is 7.28. The zero-order chi connectivity index (χ0) is 32.3. The van der Waals surface area contributed by atoms with Crippen LogP contribution in [-0.4, -0.2) is 0 Å². The predicted octanol–water partition coefficient (Wildman–Crippen LogP) is 13.4. The van der Waals surface area contributed by atoms with Crippen molar-refractivity contribution in [2.45, 2.75) is 0 Å². The van der Waals surface area contributed by atoms with Gasteiger partial charge in [-0.25, -0.2) is 0 Å². The van der Waals surface area contributed by atoms with Crippen LogP contribution in [-0.2, 0) is 0 Å². The van der Waals surface area contributed by atoms with Crippen LogP contribution in [0.25, 0.3) is 76.9 Å². The van der Waals surface area contributed by atoms with Gasteiger partial charge in [-0.2, -0.15) is 0 Å². The number of para-hydroxylation sites is 2. The molecule has 0 saturated carbocycles. The highest BCUT2D eigenvalue weighted by molar-refractivity contribution is 6.14. The minimum atomic E-state index is 0.836. The molecular formula is C46H29NO2. The van der Waals surface area contributed by atoms with Crippen LogP contribution >= 0.6 is 0 Å². The topological polar surface area (TPSA) is 29.5 Å². The van der Waals surface area contributed by atoms with Gasteiger partial charge in [0.15, 0.2) is 5.58 Å². The monoisotopic (exact) mass is 627 g/mol. The smallest absolute Gasteiger partial charge is 0.159 e. The van der Waals surface area contributed by atoms with E-state index in [1.54, 1.807) is 0 Å². The summed E-state index contributed by atoms with van der Waals surface area (Å²) in [6.45, 7) is 0. The summed E-state index contributed by atoms with van der Waals surface area (Å²) in [5.74, 6) is 0. The van der Waals surface area contributed by atoms with Gasteiger partial charge in [-0.1, -0.05) is 127 Å². The highest BCUT2D eigenvalue weighted by Gasteiger charge is 2.24. The summed E-state index contributed by atoms with van der Waals surface area (Å²) in [4.78, 5) is 2.32. The van der Waals surface area contributed by atoms with Crippen LogP contribution in [0.2, 0.25) is 0 Å². The second-order valence-electron chi connectivity index (χ2n) is 12.5. The SMILES string of the molecule is c1ccc(-c2ccc(N(c3cc4oc5cc6ccccc6cc5c4cc3-c3ccccc3)c3cccc4c3oc3ccccc34)cc2)cc1. The maximum absolute atomic E-state index is 6.68. The van der Waals surface area contributed by atoms with Crippen molar-refractivity contribution in [1.29, 1.82) is 0 Å². The van der Waals surface area contributed by atoms with E-state index in [2.05, 4.69) is 169 Å². The highest BCUT2D eigenvalue weighted by Crippen LogP contribution is 2.48. The Hall–Kier alpha value is -6.58. The third-order valence-electron chi connectivity index (χ3n) is 9.64. The van der Waals surface area contributed by atoms with E-state index < -0.39 is 0 Å². The third kappa shape index (κ3) is 4.51. The molecule has 2 aromatic heterocycles. The molecule has 0 atom stereocenters. The fourth-order valence-corrected chi connectivity index (χ4v) is 7.28. The Labute approximate surface area is 282 Å². The summed E-state index contributed by atoms with van der Waals surface area (Å²) in [7, 11) is 0. The molecule has 0 aliphatic heterocycles. The van der Waals surface area contributed by atoms with Crippen molar-refractivity contribution in [1.82, 2.24) is 0 Å². The molecular weight excluding hydrogens is 599 g/mol. The molecule has 0 saturated heterocycles. The third-order valence-corrected chi connectivity index (χ3v) is 9.64. The first kappa shape index (κ1) is 27.5. The standard InChI is InChI=1S/C46H29NO2/c1-3-12-30(13-4-1)31-22-24-35(25-23-31)47(41-20-11-19-37-36-18-9-10-21-43(36)49-46(37)41)42-29-45-40(28-38(42)32-14-5-2-6-15-32)39-26-33-16-7-8-17-34(33)27-44(39)48-45/h1-29H. The number of rotatable bonds is 5. The summed E-state index contributed by atoms with van der Waals surface area (Å²) < 4.78 is 13.3. The lowest BCUT2D eigenvalue weighted by Gasteiger charge is -2.28. The van der Waals surface area contributed by atoms with E-state index in [0.29, 0.717) is 0 Å². The lowest BCUT2D eigenvalue weighted by molar-refractivity contribution is 0.668. The van der Waals surface area contributed by atoms with Crippen molar-refractivity contribution in [3.8, 4) is 22.3 Å². The average Bonchev–Trinajstić information content (AvgIpc) is 3.72. The van der Waals surface area contributed by atoms with Crippen LogP contribution in [0.4, 0.5) is 17.1 Å².